The molecule has 3 rings (SSSR count). The van der Waals surface area contributed by atoms with Gasteiger partial charge < -0.3 is 4.42 Å². The first kappa shape index (κ1) is 11.6. The van der Waals surface area contributed by atoms with Crippen LogP contribution in [0.5, 0.6) is 0 Å². The summed E-state index contributed by atoms with van der Waals surface area (Å²) >= 11 is 7.45. The SMILES string of the molecule is Cc1c(Sc2cccnn2)oc2ccc(Cl)cc12. The van der Waals surface area contributed by atoms with Gasteiger partial charge in [-0.1, -0.05) is 11.6 Å². The number of hydrogen-bond donors (Lipinski definition) is 0. The molecule has 0 spiro atoms. The molecule has 0 amide bonds. The quantitative estimate of drug-likeness (QED) is 0.698. The number of aryl methyl sites for hydroxylation is 1. The van der Waals surface area contributed by atoms with Gasteiger partial charge in [0.1, 0.15) is 10.6 Å². The van der Waals surface area contributed by atoms with Crippen molar-refractivity contribution in [2.45, 2.75) is 17.0 Å². The number of nitrogens with zero attached hydrogens (tertiary/aromatic N) is 2. The third kappa shape index (κ3) is 2.09. The van der Waals surface area contributed by atoms with Crippen LogP contribution in [0.3, 0.4) is 0 Å². The van der Waals surface area contributed by atoms with E-state index < -0.39 is 0 Å². The second kappa shape index (κ2) is 4.63. The van der Waals surface area contributed by atoms with Gasteiger partial charge >= 0.3 is 0 Å². The lowest BCUT2D eigenvalue weighted by Gasteiger charge is -1.96. The third-order valence-electron chi connectivity index (χ3n) is 2.60. The number of hydrogen-bond acceptors (Lipinski definition) is 4. The minimum atomic E-state index is 0.711. The van der Waals surface area contributed by atoms with Gasteiger partial charge in [0.2, 0.25) is 0 Å². The summed E-state index contributed by atoms with van der Waals surface area (Å²) in [6.45, 7) is 2.01. The van der Waals surface area contributed by atoms with Gasteiger partial charge in [-0.25, -0.2) is 0 Å². The van der Waals surface area contributed by atoms with Gasteiger partial charge in [-0.2, -0.15) is 5.10 Å². The number of rotatable bonds is 2. The standard InChI is InChI=1S/C13H9ClN2OS/c1-8-10-7-9(14)4-5-11(10)17-13(8)18-12-3-2-6-15-16-12/h2-7H,1H3. The molecule has 0 atom stereocenters. The topological polar surface area (TPSA) is 38.9 Å². The Morgan fingerprint density at radius 1 is 1.28 bits per heavy atom. The molecule has 18 heavy (non-hydrogen) atoms. The van der Waals surface area contributed by atoms with Gasteiger partial charge in [-0.3, -0.25) is 0 Å². The smallest absolute Gasteiger partial charge is 0.170 e. The van der Waals surface area contributed by atoms with Gasteiger partial charge in [0.25, 0.3) is 0 Å². The van der Waals surface area contributed by atoms with Gasteiger partial charge in [-0.15, -0.1) is 5.10 Å². The molecule has 0 aliphatic heterocycles. The second-order valence-corrected chi connectivity index (χ2v) is 5.25. The van der Waals surface area contributed by atoms with Crippen molar-refractivity contribution in [3.05, 3.63) is 47.1 Å². The van der Waals surface area contributed by atoms with Crippen molar-refractivity contribution in [2.75, 3.05) is 0 Å². The van der Waals surface area contributed by atoms with E-state index >= 15 is 0 Å². The first-order valence-electron chi connectivity index (χ1n) is 5.38. The van der Waals surface area contributed by atoms with E-state index in [9.17, 15) is 0 Å². The molecular formula is C13H9ClN2OS. The molecule has 5 heteroatoms. The zero-order valence-electron chi connectivity index (χ0n) is 9.55. The Labute approximate surface area is 113 Å². The number of aromatic nitrogens is 2. The highest BCUT2D eigenvalue weighted by Crippen LogP contribution is 2.36. The number of fused-ring (bicyclic) bond motifs is 1. The van der Waals surface area contributed by atoms with Crippen LogP contribution in [0.15, 0.2) is 51.1 Å². The minimum absolute atomic E-state index is 0.711. The molecule has 0 bridgehead atoms. The second-order valence-electron chi connectivity index (χ2n) is 3.82. The highest BCUT2D eigenvalue weighted by atomic mass is 35.5. The Balaban J connectivity index is 2.05. The number of furan rings is 1. The Hall–Kier alpha value is -1.52. The molecule has 0 fully saturated rings. The summed E-state index contributed by atoms with van der Waals surface area (Å²) in [7, 11) is 0. The van der Waals surface area contributed by atoms with Crippen molar-refractivity contribution >= 4 is 34.3 Å². The molecule has 2 heterocycles. The van der Waals surface area contributed by atoms with Gasteiger partial charge in [0.05, 0.1) is 0 Å². The van der Waals surface area contributed by atoms with Gasteiger partial charge in [0.15, 0.2) is 5.09 Å². The molecule has 0 unspecified atom stereocenters. The molecule has 3 aromatic rings. The van der Waals surface area contributed by atoms with Crippen molar-refractivity contribution in [1.29, 1.82) is 0 Å². The molecule has 90 valence electrons. The van der Waals surface area contributed by atoms with Crippen molar-refractivity contribution in [3.63, 3.8) is 0 Å². The van der Waals surface area contributed by atoms with Crippen LogP contribution in [-0.2, 0) is 0 Å². The van der Waals surface area contributed by atoms with Crippen LogP contribution in [0.1, 0.15) is 5.56 Å². The zero-order valence-corrected chi connectivity index (χ0v) is 11.1. The van der Waals surface area contributed by atoms with Crippen molar-refractivity contribution < 1.29 is 4.42 Å². The van der Waals surface area contributed by atoms with Crippen LogP contribution in [0.25, 0.3) is 11.0 Å². The van der Waals surface area contributed by atoms with Crippen LogP contribution in [-0.4, -0.2) is 10.2 Å². The van der Waals surface area contributed by atoms with E-state index in [2.05, 4.69) is 10.2 Å². The summed E-state index contributed by atoms with van der Waals surface area (Å²) in [6.07, 6.45) is 1.65. The van der Waals surface area contributed by atoms with E-state index in [0.717, 1.165) is 26.7 Å². The molecule has 2 aromatic heterocycles. The Bertz CT molecular complexity index is 697. The van der Waals surface area contributed by atoms with Crippen LogP contribution in [0.2, 0.25) is 5.02 Å². The largest absolute Gasteiger partial charge is 0.449 e. The lowest BCUT2D eigenvalue weighted by atomic mass is 10.2. The molecule has 0 aliphatic carbocycles. The summed E-state index contributed by atoms with van der Waals surface area (Å²) in [5.74, 6) is 0. The van der Waals surface area contributed by atoms with Crippen LogP contribution in [0, 0.1) is 6.92 Å². The fourth-order valence-electron chi connectivity index (χ4n) is 1.70. The molecule has 0 radical (unpaired) electrons. The Morgan fingerprint density at radius 3 is 2.94 bits per heavy atom. The molecule has 0 aliphatic rings. The van der Waals surface area contributed by atoms with Crippen LogP contribution >= 0.6 is 23.4 Å². The molecule has 0 saturated heterocycles. The summed E-state index contributed by atoms with van der Waals surface area (Å²) in [5.41, 5.74) is 1.91. The Morgan fingerprint density at radius 2 is 2.17 bits per heavy atom. The summed E-state index contributed by atoms with van der Waals surface area (Å²) < 4.78 is 5.79. The fourth-order valence-corrected chi connectivity index (χ4v) is 2.70. The van der Waals surface area contributed by atoms with Gasteiger partial charge in [-0.05, 0) is 49.0 Å². The van der Waals surface area contributed by atoms with Crippen molar-refractivity contribution in [3.8, 4) is 0 Å². The van der Waals surface area contributed by atoms with E-state index in [1.807, 2.05) is 37.3 Å². The predicted molar refractivity (Wildman–Crippen MR) is 72.1 cm³/mol. The average molecular weight is 277 g/mol. The lowest BCUT2D eigenvalue weighted by Crippen LogP contribution is -1.82. The third-order valence-corrected chi connectivity index (χ3v) is 3.84. The Kier molecular flexibility index (Phi) is 2.97. The average Bonchev–Trinajstić information content (AvgIpc) is 2.68. The molecule has 3 nitrogen and oxygen atoms in total. The van der Waals surface area contributed by atoms with Crippen LogP contribution in [0.4, 0.5) is 0 Å². The first-order valence-corrected chi connectivity index (χ1v) is 6.58. The maximum Gasteiger partial charge on any atom is 0.170 e. The monoisotopic (exact) mass is 276 g/mol. The number of halogens is 1. The zero-order chi connectivity index (χ0) is 12.5. The highest BCUT2D eigenvalue weighted by Gasteiger charge is 2.12. The van der Waals surface area contributed by atoms with Gasteiger partial charge in [0, 0.05) is 22.2 Å². The molecule has 1 aromatic carbocycles. The summed E-state index contributed by atoms with van der Waals surface area (Å²) in [5, 5.41) is 11.3. The van der Waals surface area contributed by atoms with E-state index in [0.29, 0.717) is 5.02 Å². The van der Waals surface area contributed by atoms with Crippen molar-refractivity contribution in [1.82, 2.24) is 10.2 Å². The fraction of sp³-hybridized carbons (Fsp3) is 0.0769. The summed E-state index contributed by atoms with van der Waals surface area (Å²) in [4.78, 5) is 0. The van der Waals surface area contributed by atoms with Crippen molar-refractivity contribution in [2.24, 2.45) is 0 Å². The van der Waals surface area contributed by atoms with E-state index in [-0.39, 0.29) is 0 Å². The lowest BCUT2D eigenvalue weighted by molar-refractivity contribution is 0.509. The van der Waals surface area contributed by atoms with Crippen LogP contribution < -0.4 is 0 Å². The maximum absolute atomic E-state index is 5.99. The molecular weight excluding hydrogens is 268 g/mol. The predicted octanol–water partition coefficient (Wildman–Crippen LogP) is 4.34. The molecule has 0 saturated carbocycles. The maximum atomic E-state index is 5.99. The number of benzene rings is 1. The minimum Gasteiger partial charge on any atom is -0.449 e. The molecule has 0 N–H and O–H groups in total. The van der Waals surface area contributed by atoms with E-state index in [1.54, 1.807) is 6.20 Å². The summed E-state index contributed by atoms with van der Waals surface area (Å²) in [6, 6.07) is 9.37. The first-order chi connectivity index (χ1) is 8.74. The normalized spacial score (nSPS) is 11.0. The highest BCUT2D eigenvalue weighted by molar-refractivity contribution is 7.99. The van der Waals surface area contributed by atoms with E-state index in [4.69, 9.17) is 16.0 Å². The van der Waals surface area contributed by atoms with E-state index in [1.165, 1.54) is 11.8 Å².